The Hall–Kier alpha value is -2.88. The maximum absolute atomic E-state index is 13.5. The summed E-state index contributed by atoms with van der Waals surface area (Å²) in [4.78, 5) is 21.4. The number of nitro groups is 1. The molecule has 0 saturated heterocycles. The van der Waals surface area contributed by atoms with Crippen LogP contribution < -0.4 is 0 Å². The van der Waals surface area contributed by atoms with Crippen molar-refractivity contribution in [3.05, 3.63) is 69.3 Å². The summed E-state index contributed by atoms with van der Waals surface area (Å²) in [5.41, 5.74) is -1.29. The van der Waals surface area contributed by atoms with Crippen molar-refractivity contribution in [2.24, 2.45) is 0 Å². The second-order valence-corrected chi connectivity index (χ2v) is 6.99. The topological polar surface area (TPSA) is 104 Å². The molecule has 0 aliphatic rings. The molecule has 25 heavy (non-hydrogen) atoms. The van der Waals surface area contributed by atoms with Crippen molar-refractivity contribution in [3.63, 3.8) is 0 Å². The van der Waals surface area contributed by atoms with Crippen molar-refractivity contribution >= 4 is 21.5 Å². The number of nitro benzene ring substituents is 1. The van der Waals surface area contributed by atoms with Crippen molar-refractivity contribution in [3.8, 4) is 0 Å². The summed E-state index contributed by atoms with van der Waals surface area (Å²) in [5, 5.41) is 11.0. The number of carbonyl (C=O) groups is 1. The molecule has 0 saturated carbocycles. The minimum Gasteiger partial charge on any atom is -0.457 e. The van der Waals surface area contributed by atoms with Gasteiger partial charge in [0, 0.05) is 17.9 Å². The van der Waals surface area contributed by atoms with Gasteiger partial charge in [-0.15, -0.1) is 0 Å². The summed E-state index contributed by atoms with van der Waals surface area (Å²) >= 11 is 0. The van der Waals surface area contributed by atoms with Crippen LogP contribution in [0.15, 0.2) is 41.3 Å². The highest BCUT2D eigenvalue weighted by molar-refractivity contribution is 7.90. The molecule has 7 nitrogen and oxygen atoms in total. The molecule has 2 aromatic carbocycles. The zero-order valence-electron chi connectivity index (χ0n) is 12.7. The molecule has 0 aromatic heterocycles. The minimum atomic E-state index is -3.87. The van der Waals surface area contributed by atoms with Crippen LogP contribution in [0.4, 0.5) is 14.5 Å². The average molecular weight is 371 g/mol. The smallest absolute Gasteiger partial charge is 0.338 e. The second-order valence-electron chi connectivity index (χ2n) is 5.00. The lowest BCUT2D eigenvalue weighted by atomic mass is 10.2. The summed E-state index contributed by atoms with van der Waals surface area (Å²) in [5.74, 6) is -3.33. The molecule has 0 heterocycles. The number of rotatable bonds is 5. The lowest BCUT2D eigenvalue weighted by Crippen LogP contribution is -2.09. The number of carbonyl (C=O) groups excluding carboxylic acids is 1. The molecule has 132 valence electrons. The molecule has 0 unspecified atom stereocenters. The van der Waals surface area contributed by atoms with Crippen LogP contribution in [0, 0.1) is 21.7 Å². The largest absolute Gasteiger partial charge is 0.457 e. The number of ether oxygens (including phenoxy) is 1. The van der Waals surface area contributed by atoms with Crippen LogP contribution in [0.1, 0.15) is 15.9 Å². The van der Waals surface area contributed by atoms with Crippen molar-refractivity contribution in [2.75, 3.05) is 6.26 Å². The van der Waals surface area contributed by atoms with Crippen LogP contribution in [-0.4, -0.2) is 25.6 Å². The summed E-state index contributed by atoms with van der Waals surface area (Å²) in [6.45, 7) is -0.593. The fraction of sp³-hybridized carbons (Fsp3) is 0.133. The SMILES string of the molecule is CS(=O)(=O)c1ccc(C(=O)OCc2cccc(F)c2F)cc1[N+](=O)[O-]. The monoisotopic (exact) mass is 371 g/mol. The van der Waals surface area contributed by atoms with Gasteiger partial charge < -0.3 is 4.74 Å². The van der Waals surface area contributed by atoms with Crippen molar-refractivity contribution in [2.45, 2.75) is 11.5 Å². The molecule has 0 N–H and O–H groups in total. The summed E-state index contributed by atoms with van der Waals surface area (Å²) in [6, 6.07) is 6.03. The van der Waals surface area contributed by atoms with Gasteiger partial charge in [-0.05, 0) is 18.2 Å². The third-order valence-corrected chi connectivity index (χ3v) is 4.33. The molecule has 2 aromatic rings. The van der Waals surface area contributed by atoms with E-state index in [1.165, 1.54) is 12.1 Å². The summed E-state index contributed by atoms with van der Waals surface area (Å²) in [7, 11) is -3.87. The minimum absolute atomic E-state index is 0.212. The predicted octanol–water partition coefficient (Wildman–Crippen LogP) is 2.63. The molecule has 0 amide bonds. The first-order chi connectivity index (χ1) is 11.6. The lowest BCUT2D eigenvalue weighted by molar-refractivity contribution is -0.387. The Morgan fingerprint density at radius 2 is 1.92 bits per heavy atom. The van der Waals surface area contributed by atoms with Crippen LogP contribution in [0.25, 0.3) is 0 Å². The molecular formula is C15H11F2NO6S. The summed E-state index contributed by atoms with van der Waals surface area (Å²) < 4.78 is 54.4. The predicted molar refractivity (Wildman–Crippen MR) is 81.7 cm³/mol. The van der Waals surface area contributed by atoms with Gasteiger partial charge in [-0.3, -0.25) is 10.1 Å². The maximum Gasteiger partial charge on any atom is 0.338 e. The maximum atomic E-state index is 13.5. The molecule has 0 atom stereocenters. The van der Waals surface area contributed by atoms with Crippen LogP contribution in [0.5, 0.6) is 0 Å². The van der Waals surface area contributed by atoms with Gasteiger partial charge >= 0.3 is 5.97 Å². The van der Waals surface area contributed by atoms with Gasteiger partial charge in [-0.25, -0.2) is 22.0 Å². The zero-order valence-corrected chi connectivity index (χ0v) is 13.5. The zero-order chi connectivity index (χ0) is 18.8. The van der Waals surface area contributed by atoms with Gasteiger partial charge in [0.15, 0.2) is 21.5 Å². The fourth-order valence-corrected chi connectivity index (χ4v) is 2.82. The Labute approximate surface area is 140 Å². The van der Waals surface area contributed by atoms with E-state index in [2.05, 4.69) is 0 Å². The van der Waals surface area contributed by atoms with E-state index in [4.69, 9.17) is 4.74 Å². The Morgan fingerprint density at radius 1 is 1.24 bits per heavy atom. The Morgan fingerprint density at radius 3 is 2.52 bits per heavy atom. The quantitative estimate of drug-likeness (QED) is 0.455. The molecular weight excluding hydrogens is 360 g/mol. The van der Waals surface area contributed by atoms with E-state index in [0.29, 0.717) is 0 Å². The Balaban J connectivity index is 2.27. The highest BCUT2D eigenvalue weighted by Crippen LogP contribution is 2.25. The third-order valence-electron chi connectivity index (χ3n) is 3.18. The van der Waals surface area contributed by atoms with E-state index in [1.807, 2.05) is 0 Å². The van der Waals surface area contributed by atoms with Crippen molar-refractivity contribution in [1.82, 2.24) is 0 Å². The number of sulfone groups is 1. The third kappa shape index (κ3) is 4.15. The standard InChI is InChI=1S/C15H11F2NO6S/c1-25(22,23)13-6-5-9(7-12(13)18(20)21)15(19)24-8-10-3-2-4-11(16)14(10)17/h2-7H,8H2,1H3. The van der Waals surface area contributed by atoms with Gasteiger partial charge in [0.05, 0.1) is 10.5 Å². The molecule has 0 aliphatic heterocycles. The van der Waals surface area contributed by atoms with Crippen molar-refractivity contribution in [1.29, 1.82) is 0 Å². The van der Waals surface area contributed by atoms with E-state index >= 15 is 0 Å². The molecule has 10 heteroatoms. The van der Waals surface area contributed by atoms with E-state index in [9.17, 15) is 32.1 Å². The van der Waals surface area contributed by atoms with Crippen LogP contribution in [0.3, 0.4) is 0 Å². The molecule has 0 radical (unpaired) electrons. The number of halogens is 2. The highest BCUT2D eigenvalue weighted by atomic mass is 32.2. The first kappa shape index (κ1) is 18.5. The number of benzene rings is 2. The average Bonchev–Trinajstić information content (AvgIpc) is 2.54. The van der Waals surface area contributed by atoms with Gasteiger partial charge in [0.25, 0.3) is 5.69 Å². The lowest BCUT2D eigenvalue weighted by Gasteiger charge is -2.07. The first-order valence-corrected chi connectivity index (χ1v) is 8.59. The number of esters is 1. The van der Waals surface area contributed by atoms with Gasteiger partial charge in [-0.1, -0.05) is 12.1 Å². The van der Waals surface area contributed by atoms with E-state index in [0.717, 1.165) is 30.5 Å². The molecule has 0 aliphatic carbocycles. The Bertz CT molecular complexity index is 958. The van der Waals surface area contributed by atoms with Crippen LogP contribution in [0.2, 0.25) is 0 Å². The van der Waals surface area contributed by atoms with E-state index in [-0.39, 0.29) is 11.1 Å². The number of nitrogens with zero attached hydrogens (tertiary/aromatic N) is 1. The number of hydrogen-bond donors (Lipinski definition) is 0. The van der Waals surface area contributed by atoms with Gasteiger partial charge in [0.1, 0.15) is 11.5 Å². The highest BCUT2D eigenvalue weighted by Gasteiger charge is 2.24. The molecule has 0 spiro atoms. The van der Waals surface area contributed by atoms with Crippen molar-refractivity contribution < 1.29 is 31.7 Å². The Kier molecular flexibility index (Phi) is 5.12. The van der Waals surface area contributed by atoms with E-state index in [1.54, 1.807) is 0 Å². The second kappa shape index (κ2) is 6.93. The van der Waals surface area contributed by atoms with Gasteiger partial charge in [0.2, 0.25) is 0 Å². The number of hydrogen-bond acceptors (Lipinski definition) is 6. The normalized spacial score (nSPS) is 11.2. The first-order valence-electron chi connectivity index (χ1n) is 6.69. The van der Waals surface area contributed by atoms with Gasteiger partial charge in [-0.2, -0.15) is 0 Å². The molecule has 0 bridgehead atoms. The van der Waals surface area contributed by atoms with Crippen LogP contribution in [-0.2, 0) is 21.2 Å². The molecule has 0 fully saturated rings. The fourth-order valence-electron chi connectivity index (χ4n) is 1.99. The van der Waals surface area contributed by atoms with Crippen LogP contribution >= 0.6 is 0 Å². The summed E-state index contributed by atoms with van der Waals surface area (Å²) in [6.07, 6.45) is 0.792. The molecule has 2 rings (SSSR count). The van der Waals surface area contributed by atoms with E-state index < -0.39 is 49.6 Å².